The molecule has 1 aliphatic heterocycles. The highest BCUT2D eigenvalue weighted by Crippen LogP contribution is 2.05. The van der Waals surface area contributed by atoms with Crippen molar-refractivity contribution in [1.82, 2.24) is 5.32 Å². The summed E-state index contributed by atoms with van der Waals surface area (Å²) < 4.78 is 0. The van der Waals surface area contributed by atoms with E-state index >= 15 is 0 Å². The SMILES string of the molecule is CCC(=O)C1CNC1. The quantitative estimate of drug-likeness (QED) is 0.553. The van der Waals surface area contributed by atoms with Crippen molar-refractivity contribution in [2.75, 3.05) is 13.1 Å². The van der Waals surface area contributed by atoms with Gasteiger partial charge >= 0.3 is 0 Å². The van der Waals surface area contributed by atoms with Crippen molar-refractivity contribution in [3.05, 3.63) is 0 Å². The summed E-state index contributed by atoms with van der Waals surface area (Å²) in [6.07, 6.45) is 0.701. The lowest BCUT2D eigenvalue weighted by atomic mass is 9.97. The van der Waals surface area contributed by atoms with Crippen LogP contribution < -0.4 is 5.32 Å². The monoisotopic (exact) mass is 113 g/mol. The number of carbonyl (C=O) groups is 1. The first-order chi connectivity index (χ1) is 3.84. The van der Waals surface area contributed by atoms with Crippen molar-refractivity contribution in [2.24, 2.45) is 5.92 Å². The zero-order chi connectivity index (χ0) is 5.98. The van der Waals surface area contributed by atoms with Crippen molar-refractivity contribution >= 4 is 5.78 Å². The second-order valence-electron chi connectivity index (χ2n) is 2.18. The van der Waals surface area contributed by atoms with Crippen LogP contribution in [0.2, 0.25) is 0 Å². The Morgan fingerprint density at radius 3 is 2.50 bits per heavy atom. The molecular formula is C6H11NO. The molecule has 1 heterocycles. The normalized spacial score (nSPS) is 20.1. The predicted octanol–water partition coefficient (Wildman–Crippen LogP) is 0.185. The minimum Gasteiger partial charge on any atom is -0.315 e. The molecule has 0 amide bonds. The van der Waals surface area contributed by atoms with Gasteiger partial charge in [0.05, 0.1) is 0 Å². The molecule has 0 radical (unpaired) electrons. The molecule has 1 rings (SSSR count). The number of rotatable bonds is 2. The molecule has 0 saturated carbocycles. The molecule has 0 unspecified atom stereocenters. The number of carbonyl (C=O) groups excluding carboxylic acids is 1. The first kappa shape index (κ1) is 5.76. The number of ketones is 1. The van der Waals surface area contributed by atoms with Crippen LogP contribution in [0.5, 0.6) is 0 Å². The van der Waals surface area contributed by atoms with E-state index in [2.05, 4.69) is 5.32 Å². The summed E-state index contributed by atoms with van der Waals surface area (Å²) in [5, 5.41) is 3.06. The van der Waals surface area contributed by atoms with E-state index in [-0.39, 0.29) is 0 Å². The van der Waals surface area contributed by atoms with Gasteiger partial charge in [0.15, 0.2) is 0 Å². The second kappa shape index (κ2) is 2.27. The summed E-state index contributed by atoms with van der Waals surface area (Å²) >= 11 is 0. The van der Waals surface area contributed by atoms with Gasteiger partial charge in [0, 0.05) is 25.4 Å². The van der Waals surface area contributed by atoms with Gasteiger partial charge in [-0.2, -0.15) is 0 Å². The number of nitrogens with one attached hydrogen (secondary N) is 1. The van der Waals surface area contributed by atoms with Gasteiger partial charge in [0.25, 0.3) is 0 Å². The maximum atomic E-state index is 10.8. The predicted molar refractivity (Wildman–Crippen MR) is 31.7 cm³/mol. The molecule has 0 aliphatic carbocycles. The standard InChI is InChI=1S/C6H11NO/c1-2-6(8)5-3-7-4-5/h5,7H,2-4H2,1H3. The maximum Gasteiger partial charge on any atom is 0.138 e. The van der Waals surface area contributed by atoms with E-state index in [9.17, 15) is 4.79 Å². The molecule has 0 atom stereocenters. The summed E-state index contributed by atoms with van der Waals surface area (Å²) in [5.74, 6) is 0.753. The fourth-order valence-corrected chi connectivity index (χ4v) is 0.805. The zero-order valence-corrected chi connectivity index (χ0v) is 5.11. The molecule has 0 aromatic heterocycles. The van der Waals surface area contributed by atoms with Gasteiger partial charge in [-0.05, 0) is 0 Å². The van der Waals surface area contributed by atoms with Gasteiger partial charge in [0.1, 0.15) is 5.78 Å². The van der Waals surface area contributed by atoms with Crippen LogP contribution in [0.1, 0.15) is 13.3 Å². The van der Waals surface area contributed by atoms with E-state index in [1.165, 1.54) is 0 Å². The number of hydrogen-bond acceptors (Lipinski definition) is 2. The fraction of sp³-hybridized carbons (Fsp3) is 0.833. The van der Waals surface area contributed by atoms with Crippen molar-refractivity contribution < 1.29 is 4.79 Å². The lowest BCUT2D eigenvalue weighted by Gasteiger charge is -2.24. The van der Waals surface area contributed by atoms with Crippen LogP contribution in [0, 0.1) is 5.92 Å². The third-order valence-electron chi connectivity index (χ3n) is 1.59. The molecule has 0 bridgehead atoms. The van der Waals surface area contributed by atoms with E-state index < -0.39 is 0 Å². The first-order valence-electron chi connectivity index (χ1n) is 3.08. The topological polar surface area (TPSA) is 29.1 Å². The average Bonchev–Trinajstić information content (AvgIpc) is 1.62. The van der Waals surface area contributed by atoms with Gasteiger partial charge in [-0.15, -0.1) is 0 Å². The van der Waals surface area contributed by atoms with Crippen LogP contribution in [0.15, 0.2) is 0 Å². The zero-order valence-electron chi connectivity index (χ0n) is 5.11. The minimum atomic E-state index is 0.347. The van der Waals surface area contributed by atoms with E-state index in [1.54, 1.807) is 0 Å². The Hall–Kier alpha value is -0.370. The summed E-state index contributed by atoms with van der Waals surface area (Å²) in [5.41, 5.74) is 0. The minimum absolute atomic E-state index is 0.347. The molecule has 1 aliphatic rings. The third-order valence-corrected chi connectivity index (χ3v) is 1.59. The molecule has 46 valence electrons. The molecule has 0 spiro atoms. The molecule has 0 aromatic rings. The van der Waals surface area contributed by atoms with Crippen molar-refractivity contribution in [1.29, 1.82) is 0 Å². The van der Waals surface area contributed by atoms with Crippen LogP contribution in [0.25, 0.3) is 0 Å². The van der Waals surface area contributed by atoms with Crippen molar-refractivity contribution in [3.8, 4) is 0 Å². The Morgan fingerprint density at radius 2 is 2.38 bits per heavy atom. The fourth-order valence-electron chi connectivity index (χ4n) is 0.805. The molecule has 2 heteroatoms. The smallest absolute Gasteiger partial charge is 0.138 e. The van der Waals surface area contributed by atoms with Gasteiger partial charge in [0.2, 0.25) is 0 Å². The summed E-state index contributed by atoms with van der Waals surface area (Å²) in [6.45, 7) is 3.74. The maximum absolute atomic E-state index is 10.8. The molecule has 8 heavy (non-hydrogen) atoms. The Morgan fingerprint density at radius 1 is 1.75 bits per heavy atom. The van der Waals surface area contributed by atoms with E-state index in [0.717, 1.165) is 13.1 Å². The van der Waals surface area contributed by atoms with Crippen molar-refractivity contribution in [3.63, 3.8) is 0 Å². The van der Waals surface area contributed by atoms with Crippen LogP contribution >= 0.6 is 0 Å². The van der Waals surface area contributed by atoms with Gasteiger partial charge in [-0.25, -0.2) is 0 Å². The number of hydrogen-bond donors (Lipinski definition) is 1. The van der Waals surface area contributed by atoms with Gasteiger partial charge < -0.3 is 5.32 Å². The molecule has 1 fully saturated rings. The van der Waals surface area contributed by atoms with E-state index in [4.69, 9.17) is 0 Å². The first-order valence-corrected chi connectivity index (χ1v) is 3.08. The van der Waals surface area contributed by atoms with Gasteiger partial charge in [-0.3, -0.25) is 4.79 Å². The molecular weight excluding hydrogens is 102 g/mol. The summed E-state index contributed by atoms with van der Waals surface area (Å²) in [6, 6.07) is 0. The largest absolute Gasteiger partial charge is 0.315 e. The Kier molecular flexibility index (Phi) is 1.63. The van der Waals surface area contributed by atoms with Crippen molar-refractivity contribution in [2.45, 2.75) is 13.3 Å². The van der Waals surface area contributed by atoms with Crippen LogP contribution in [0.3, 0.4) is 0 Å². The van der Waals surface area contributed by atoms with Gasteiger partial charge in [-0.1, -0.05) is 6.92 Å². The molecule has 1 N–H and O–H groups in total. The highest BCUT2D eigenvalue weighted by Gasteiger charge is 2.22. The number of Topliss-reactive ketones (excluding diaryl/α,β-unsaturated/α-hetero) is 1. The Bertz CT molecular complexity index is 96.7. The second-order valence-corrected chi connectivity index (χ2v) is 2.18. The van der Waals surface area contributed by atoms with E-state index in [1.807, 2.05) is 6.92 Å². The summed E-state index contributed by atoms with van der Waals surface area (Å²) in [4.78, 5) is 10.8. The highest BCUT2D eigenvalue weighted by atomic mass is 16.1. The highest BCUT2D eigenvalue weighted by molar-refractivity contribution is 5.81. The lowest BCUT2D eigenvalue weighted by Crippen LogP contribution is -2.46. The Balaban J connectivity index is 2.24. The average molecular weight is 113 g/mol. The van der Waals surface area contributed by atoms with E-state index in [0.29, 0.717) is 18.1 Å². The lowest BCUT2D eigenvalue weighted by molar-refractivity contribution is -0.123. The molecule has 0 aromatic carbocycles. The van der Waals surface area contributed by atoms with Crippen LogP contribution in [-0.4, -0.2) is 18.9 Å². The van der Waals surface area contributed by atoms with Crippen LogP contribution in [0.4, 0.5) is 0 Å². The molecule has 2 nitrogen and oxygen atoms in total. The summed E-state index contributed by atoms with van der Waals surface area (Å²) in [7, 11) is 0. The van der Waals surface area contributed by atoms with Crippen LogP contribution in [-0.2, 0) is 4.79 Å². The Labute approximate surface area is 49.3 Å². The third kappa shape index (κ3) is 0.892. The molecule has 1 saturated heterocycles.